The number of thiazole rings is 1. The van der Waals surface area contributed by atoms with Crippen molar-refractivity contribution in [2.75, 3.05) is 6.61 Å². The van der Waals surface area contributed by atoms with Gasteiger partial charge in [-0.3, -0.25) is 4.79 Å². The van der Waals surface area contributed by atoms with Crippen LogP contribution < -0.4 is 11.1 Å². The highest BCUT2D eigenvalue weighted by atomic mass is 32.1. The van der Waals surface area contributed by atoms with Crippen LogP contribution in [0.3, 0.4) is 0 Å². The molecule has 0 aliphatic heterocycles. The zero-order valence-electron chi connectivity index (χ0n) is 10.2. The number of hydrogen-bond acceptors (Lipinski definition) is 5. The van der Waals surface area contributed by atoms with Gasteiger partial charge in [-0.15, -0.1) is 11.3 Å². The molecule has 0 aliphatic rings. The molecule has 1 unspecified atom stereocenters. The van der Waals surface area contributed by atoms with Gasteiger partial charge in [0, 0.05) is 11.9 Å². The van der Waals surface area contributed by atoms with Gasteiger partial charge in [0.05, 0.1) is 12.6 Å². The van der Waals surface area contributed by atoms with Crippen molar-refractivity contribution >= 4 is 17.2 Å². The third-order valence-electron chi connectivity index (χ3n) is 2.65. The molecule has 0 spiro atoms. The quantitative estimate of drug-likeness (QED) is 0.762. The third-order valence-corrected chi connectivity index (χ3v) is 3.52. The topological polar surface area (TPSA) is 88.2 Å². The lowest BCUT2D eigenvalue weighted by Gasteiger charge is -2.15. The Morgan fingerprint density at radius 3 is 2.74 bits per heavy atom. The van der Waals surface area contributed by atoms with Gasteiger partial charge in [0.2, 0.25) is 0 Å². The number of carbonyl (C=O) groups excluding carboxylic acids is 1. The highest BCUT2D eigenvalue weighted by Gasteiger charge is 2.16. The molecule has 1 amide bonds. The first-order valence-corrected chi connectivity index (χ1v) is 6.73. The molecule has 100 valence electrons. The van der Waals surface area contributed by atoms with Gasteiger partial charge in [-0.2, -0.15) is 0 Å². The summed E-state index contributed by atoms with van der Waals surface area (Å²) in [5, 5.41) is 14.5. The van der Waals surface area contributed by atoms with E-state index in [4.69, 9.17) is 5.73 Å². The number of hydrogen-bond donors (Lipinski definition) is 3. The highest BCUT2D eigenvalue weighted by Crippen LogP contribution is 2.14. The summed E-state index contributed by atoms with van der Waals surface area (Å²) in [6, 6.07) is 8.88. The first-order chi connectivity index (χ1) is 9.24. The van der Waals surface area contributed by atoms with E-state index < -0.39 is 6.04 Å². The van der Waals surface area contributed by atoms with E-state index in [-0.39, 0.29) is 12.5 Å². The van der Waals surface area contributed by atoms with Crippen LogP contribution in [0.25, 0.3) is 0 Å². The second-order valence-electron chi connectivity index (χ2n) is 3.95. The Bertz CT molecular complexity index is 542. The zero-order valence-corrected chi connectivity index (χ0v) is 11.1. The fourth-order valence-electron chi connectivity index (χ4n) is 1.66. The van der Waals surface area contributed by atoms with E-state index in [9.17, 15) is 9.90 Å². The van der Waals surface area contributed by atoms with Crippen LogP contribution in [0.1, 0.15) is 27.1 Å². The predicted molar refractivity (Wildman–Crippen MR) is 73.7 cm³/mol. The van der Waals surface area contributed by atoms with Gasteiger partial charge in [0.15, 0.2) is 0 Å². The van der Waals surface area contributed by atoms with Crippen LogP contribution in [0, 0.1) is 0 Å². The molecular weight excluding hydrogens is 262 g/mol. The minimum absolute atomic E-state index is 0.163. The van der Waals surface area contributed by atoms with Crippen molar-refractivity contribution in [3.63, 3.8) is 0 Å². The third kappa shape index (κ3) is 3.37. The predicted octanol–water partition coefficient (Wildman–Crippen LogP) is 1.07. The Hall–Kier alpha value is -1.76. The van der Waals surface area contributed by atoms with Gasteiger partial charge in [0.1, 0.15) is 10.7 Å². The van der Waals surface area contributed by atoms with Crippen LogP contribution in [0.2, 0.25) is 0 Å². The maximum atomic E-state index is 12.0. The van der Waals surface area contributed by atoms with Crippen LogP contribution >= 0.6 is 11.3 Å². The van der Waals surface area contributed by atoms with Crippen LogP contribution in [0.15, 0.2) is 35.7 Å². The van der Waals surface area contributed by atoms with Crippen molar-refractivity contribution in [1.29, 1.82) is 0 Å². The number of benzene rings is 1. The first-order valence-electron chi connectivity index (χ1n) is 5.85. The maximum absolute atomic E-state index is 12.0. The molecule has 5 nitrogen and oxygen atoms in total. The number of aliphatic hydroxyl groups is 1. The largest absolute Gasteiger partial charge is 0.394 e. The van der Waals surface area contributed by atoms with Crippen LogP contribution in [-0.4, -0.2) is 22.6 Å². The van der Waals surface area contributed by atoms with Gasteiger partial charge >= 0.3 is 0 Å². The average Bonchev–Trinajstić information content (AvgIpc) is 2.94. The molecule has 2 rings (SSSR count). The summed E-state index contributed by atoms with van der Waals surface area (Å²) in [6.45, 7) is 0.156. The van der Waals surface area contributed by atoms with Crippen molar-refractivity contribution in [3.8, 4) is 0 Å². The number of rotatable bonds is 5. The number of amides is 1. The molecule has 1 atom stereocenters. The van der Waals surface area contributed by atoms with E-state index in [2.05, 4.69) is 10.3 Å². The Kier molecular flexibility index (Phi) is 4.62. The van der Waals surface area contributed by atoms with E-state index >= 15 is 0 Å². The molecule has 0 aliphatic carbocycles. The van der Waals surface area contributed by atoms with Gasteiger partial charge in [-0.1, -0.05) is 30.3 Å². The minimum atomic E-state index is -0.434. The molecule has 0 radical (unpaired) electrons. The molecule has 19 heavy (non-hydrogen) atoms. The number of nitrogens with one attached hydrogen (secondary N) is 1. The molecule has 6 heteroatoms. The Labute approximate surface area is 115 Å². The van der Waals surface area contributed by atoms with Gasteiger partial charge in [-0.05, 0) is 5.56 Å². The molecule has 4 N–H and O–H groups in total. The van der Waals surface area contributed by atoms with Crippen molar-refractivity contribution in [1.82, 2.24) is 10.3 Å². The fraction of sp³-hybridized carbons (Fsp3) is 0.231. The zero-order chi connectivity index (χ0) is 13.7. The smallest absolute Gasteiger partial charge is 0.271 e. The fourth-order valence-corrected chi connectivity index (χ4v) is 2.32. The Balaban J connectivity index is 2.08. The number of aromatic nitrogens is 1. The van der Waals surface area contributed by atoms with Crippen molar-refractivity contribution in [2.24, 2.45) is 5.73 Å². The van der Waals surface area contributed by atoms with Crippen molar-refractivity contribution in [2.45, 2.75) is 12.6 Å². The lowest BCUT2D eigenvalue weighted by atomic mass is 10.1. The van der Waals surface area contributed by atoms with Crippen molar-refractivity contribution < 1.29 is 9.90 Å². The van der Waals surface area contributed by atoms with Gasteiger partial charge < -0.3 is 16.2 Å². The number of aliphatic hydroxyl groups excluding tert-OH is 1. The van der Waals surface area contributed by atoms with Crippen LogP contribution in [0.4, 0.5) is 0 Å². The highest BCUT2D eigenvalue weighted by molar-refractivity contribution is 7.09. The number of nitrogens with two attached hydrogens (primary N) is 1. The van der Waals surface area contributed by atoms with Crippen molar-refractivity contribution in [3.05, 3.63) is 52.0 Å². The molecule has 2 aromatic rings. The minimum Gasteiger partial charge on any atom is -0.394 e. The summed E-state index contributed by atoms with van der Waals surface area (Å²) in [5.41, 5.74) is 6.65. The molecule has 1 aromatic heterocycles. The molecule has 1 aromatic carbocycles. The second kappa shape index (κ2) is 6.42. The maximum Gasteiger partial charge on any atom is 0.271 e. The van der Waals surface area contributed by atoms with E-state index in [0.717, 1.165) is 5.56 Å². The lowest BCUT2D eigenvalue weighted by molar-refractivity contribution is 0.0911. The van der Waals surface area contributed by atoms with E-state index in [1.807, 2.05) is 30.3 Å². The van der Waals surface area contributed by atoms with E-state index in [1.165, 1.54) is 11.3 Å². The normalized spacial score (nSPS) is 12.1. The van der Waals surface area contributed by atoms with E-state index in [0.29, 0.717) is 17.2 Å². The summed E-state index contributed by atoms with van der Waals surface area (Å²) < 4.78 is 0. The standard InChI is InChI=1S/C13H15N3O2S/c14-6-12-15-11(8-19-12)13(18)16-10(7-17)9-4-2-1-3-5-9/h1-5,8,10,17H,6-7,14H2,(H,16,18). The Morgan fingerprint density at radius 2 is 2.16 bits per heavy atom. The number of nitrogens with zero attached hydrogens (tertiary/aromatic N) is 1. The van der Waals surface area contributed by atoms with E-state index in [1.54, 1.807) is 5.38 Å². The van der Waals surface area contributed by atoms with Crippen LogP contribution in [-0.2, 0) is 6.54 Å². The Morgan fingerprint density at radius 1 is 1.42 bits per heavy atom. The molecule has 1 heterocycles. The van der Waals surface area contributed by atoms with Gasteiger partial charge in [-0.25, -0.2) is 4.98 Å². The molecule has 0 fully saturated rings. The molecular formula is C13H15N3O2S. The summed E-state index contributed by atoms with van der Waals surface area (Å²) in [7, 11) is 0. The van der Waals surface area contributed by atoms with Crippen LogP contribution in [0.5, 0.6) is 0 Å². The monoisotopic (exact) mass is 277 g/mol. The molecule has 0 saturated heterocycles. The summed E-state index contributed by atoms with van der Waals surface area (Å²) in [6.07, 6.45) is 0. The second-order valence-corrected chi connectivity index (χ2v) is 4.89. The SMILES string of the molecule is NCc1nc(C(=O)NC(CO)c2ccccc2)cs1. The van der Waals surface area contributed by atoms with Gasteiger partial charge in [0.25, 0.3) is 5.91 Å². The molecule has 0 bridgehead atoms. The summed E-state index contributed by atoms with van der Waals surface area (Å²) in [5.74, 6) is -0.307. The molecule has 0 saturated carbocycles. The summed E-state index contributed by atoms with van der Waals surface area (Å²) >= 11 is 1.35. The lowest BCUT2D eigenvalue weighted by Crippen LogP contribution is -2.31. The first kappa shape index (κ1) is 13.7. The average molecular weight is 277 g/mol. The summed E-state index contributed by atoms with van der Waals surface area (Å²) in [4.78, 5) is 16.1. The number of carbonyl (C=O) groups is 1.